The van der Waals surface area contributed by atoms with E-state index in [1.165, 1.54) is 11.1 Å². The quantitative estimate of drug-likeness (QED) is 0.660. The second kappa shape index (κ2) is 5.78. The highest BCUT2D eigenvalue weighted by atomic mass is 16.3. The number of furan rings is 1. The molecule has 0 aliphatic heterocycles. The van der Waals surface area contributed by atoms with Crippen LogP contribution in [-0.4, -0.2) is 5.78 Å². The Hall–Kier alpha value is -2.29. The first-order valence-corrected chi connectivity index (χ1v) is 6.59. The average Bonchev–Trinajstić information content (AvgIpc) is 2.82. The van der Waals surface area contributed by atoms with Gasteiger partial charge in [-0.1, -0.05) is 12.1 Å². The molecule has 0 saturated heterocycles. The van der Waals surface area contributed by atoms with Crippen LogP contribution in [0.3, 0.4) is 0 Å². The van der Waals surface area contributed by atoms with Crippen molar-refractivity contribution in [2.24, 2.45) is 0 Å². The van der Waals surface area contributed by atoms with Crippen molar-refractivity contribution in [3.63, 3.8) is 0 Å². The van der Waals surface area contributed by atoms with Crippen LogP contribution in [0.25, 0.3) is 0 Å². The van der Waals surface area contributed by atoms with Gasteiger partial charge in [0.05, 0.1) is 0 Å². The topological polar surface area (TPSA) is 42.2 Å². The number of nitrogens with one attached hydrogen (secondary N) is 1. The Kier molecular flexibility index (Phi) is 4.08. The lowest BCUT2D eigenvalue weighted by molar-refractivity contribution is 0.102. The summed E-state index contributed by atoms with van der Waals surface area (Å²) in [6.07, 6.45) is 1.56. The van der Waals surface area contributed by atoms with Gasteiger partial charge >= 0.3 is 0 Å². The lowest BCUT2D eigenvalue weighted by Gasteiger charge is -2.11. The number of rotatable bonds is 4. The molecule has 3 nitrogen and oxygen atoms in total. The molecule has 20 heavy (non-hydrogen) atoms. The standard InChI is InChI=1S/C17H19NO2/c1-11-6-5-7-15(14(11)4)18-12(2)10-16(19)17-9-8-13(3)20-17/h5-10,18H,1-4H3/b12-10+. The van der Waals surface area contributed by atoms with Crippen LogP contribution in [0.4, 0.5) is 5.69 Å². The van der Waals surface area contributed by atoms with Crippen molar-refractivity contribution in [2.45, 2.75) is 27.7 Å². The Bertz CT molecular complexity index is 665. The summed E-state index contributed by atoms with van der Waals surface area (Å²) in [5.74, 6) is 0.972. The molecule has 2 rings (SSSR count). The highest BCUT2D eigenvalue weighted by Gasteiger charge is 2.08. The minimum atomic E-state index is -0.131. The van der Waals surface area contributed by atoms with E-state index in [0.717, 1.165) is 17.1 Å². The molecule has 0 saturated carbocycles. The fourth-order valence-corrected chi connectivity index (χ4v) is 1.97. The predicted molar refractivity (Wildman–Crippen MR) is 81.1 cm³/mol. The summed E-state index contributed by atoms with van der Waals surface area (Å²) < 4.78 is 5.32. The number of anilines is 1. The zero-order chi connectivity index (χ0) is 14.7. The van der Waals surface area contributed by atoms with Crippen LogP contribution in [0.5, 0.6) is 0 Å². The van der Waals surface area contributed by atoms with E-state index in [9.17, 15) is 4.79 Å². The molecule has 1 aromatic heterocycles. The van der Waals surface area contributed by atoms with Crippen molar-refractivity contribution < 1.29 is 9.21 Å². The first-order valence-electron chi connectivity index (χ1n) is 6.59. The third kappa shape index (κ3) is 3.18. The highest BCUT2D eigenvalue weighted by Crippen LogP contribution is 2.19. The molecule has 0 spiro atoms. The van der Waals surface area contributed by atoms with Crippen molar-refractivity contribution in [2.75, 3.05) is 5.32 Å². The van der Waals surface area contributed by atoms with Gasteiger partial charge in [-0.25, -0.2) is 0 Å². The van der Waals surface area contributed by atoms with Gasteiger partial charge in [0, 0.05) is 17.5 Å². The zero-order valence-electron chi connectivity index (χ0n) is 12.3. The Morgan fingerprint density at radius 3 is 2.55 bits per heavy atom. The Balaban J connectivity index is 2.15. The molecule has 1 heterocycles. The van der Waals surface area contributed by atoms with Crippen LogP contribution >= 0.6 is 0 Å². The van der Waals surface area contributed by atoms with E-state index >= 15 is 0 Å². The molecule has 1 N–H and O–H groups in total. The molecule has 1 aromatic carbocycles. The largest absolute Gasteiger partial charge is 0.458 e. The summed E-state index contributed by atoms with van der Waals surface area (Å²) in [5.41, 5.74) is 4.21. The minimum absolute atomic E-state index is 0.131. The van der Waals surface area contributed by atoms with E-state index in [2.05, 4.69) is 25.2 Å². The van der Waals surface area contributed by atoms with E-state index in [0.29, 0.717) is 5.76 Å². The fraction of sp³-hybridized carbons (Fsp3) is 0.235. The number of carbonyl (C=O) groups excluding carboxylic acids is 1. The smallest absolute Gasteiger partial charge is 0.222 e. The molecule has 3 heteroatoms. The number of carbonyl (C=O) groups is 1. The lowest BCUT2D eigenvalue weighted by Crippen LogP contribution is -2.02. The van der Waals surface area contributed by atoms with E-state index < -0.39 is 0 Å². The summed E-state index contributed by atoms with van der Waals surface area (Å²) >= 11 is 0. The van der Waals surface area contributed by atoms with E-state index in [1.807, 2.05) is 26.0 Å². The average molecular weight is 269 g/mol. The van der Waals surface area contributed by atoms with Crippen molar-refractivity contribution in [3.8, 4) is 0 Å². The number of hydrogen-bond acceptors (Lipinski definition) is 3. The molecule has 0 unspecified atom stereocenters. The Labute approximate surface area is 119 Å². The maximum Gasteiger partial charge on any atom is 0.222 e. The van der Waals surface area contributed by atoms with Crippen LogP contribution in [0.15, 0.2) is 46.5 Å². The fourth-order valence-electron chi connectivity index (χ4n) is 1.97. The number of benzene rings is 1. The van der Waals surface area contributed by atoms with E-state index in [1.54, 1.807) is 18.2 Å². The van der Waals surface area contributed by atoms with Gasteiger partial charge in [-0.3, -0.25) is 4.79 Å². The van der Waals surface area contributed by atoms with Gasteiger partial charge < -0.3 is 9.73 Å². The van der Waals surface area contributed by atoms with Crippen LogP contribution in [0.2, 0.25) is 0 Å². The molecule has 0 atom stereocenters. The predicted octanol–water partition coefficient (Wildman–Crippen LogP) is 4.40. The number of allylic oxidation sites excluding steroid dienone is 2. The molecular formula is C17H19NO2. The third-order valence-corrected chi connectivity index (χ3v) is 3.27. The molecule has 0 radical (unpaired) electrons. The van der Waals surface area contributed by atoms with Gasteiger partial charge in [-0.2, -0.15) is 0 Å². The molecule has 0 bridgehead atoms. The van der Waals surface area contributed by atoms with Gasteiger partial charge in [0.2, 0.25) is 5.78 Å². The molecule has 104 valence electrons. The maximum absolute atomic E-state index is 12.0. The molecule has 0 aliphatic rings. The van der Waals surface area contributed by atoms with Gasteiger partial charge in [0.1, 0.15) is 5.76 Å². The third-order valence-electron chi connectivity index (χ3n) is 3.27. The van der Waals surface area contributed by atoms with Crippen molar-refractivity contribution in [1.29, 1.82) is 0 Å². The van der Waals surface area contributed by atoms with Gasteiger partial charge in [0.15, 0.2) is 5.76 Å². The summed E-state index contributed by atoms with van der Waals surface area (Å²) in [7, 11) is 0. The normalized spacial score (nSPS) is 11.5. The van der Waals surface area contributed by atoms with Crippen molar-refractivity contribution in [1.82, 2.24) is 0 Å². The second-order valence-corrected chi connectivity index (χ2v) is 4.97. The molecule has 0 aliphatic carbocycles. The van der Waals surface area contributed by atoms with Gasteiger partial charge in [-0.05, 0) is 57.0 Å². The van der Waals surface area contributed by atoms with Gasteiger partial charge in [0.25, 0.3) is 0 Å². The van der Waals surface area contributed by atoms with Crippen LogP contribution in [0.1, 0.15) is 34.4 Å². The Morgan fingerprint density at radius 1 is 1.15 bits per heavy atom. The molecule has 2 aromatic rings. The SMILES string of the molecule is C/C(=C\C(=O)c1ccc(C)o1)Nc1cccc(C)c1C. The molecule has 0 fully saturated rings. The van der Waals surface area contributed by atoms with Crippen LogP contribution < -0.4 is 5.32 Å². The lowest BCUT2D eigenvalue weighted by atomic mass is 10.1. The Morgan fingerprint density at radius 2 is 1.90 bits per heavy atom. The number of aryl methyl sites for hydroxylation is 2. The summed E-state index contributed by atoms with van der Waals surface area (Å²) in [5, 5.41) is 3.26. The summed E-state index contributed by atoms with van der Waals surface area (Å²) in [6, 6.07) is 9.54. The minimum Gasteiger partial charge on any atom is -0.458 e. The first-order chi connectivity index (χ1) is 9.47. The summed E-state index contributed by atoms with van der Waals surface area (Å²) in [6.45, 7) is 7.82. The summed E-state index contributed by atoms with van der Waals surface area (Å²) in [4.78, 5) is 12.0. The van der Waals surface area contributed by atoms with Crippen LogP contribution in [-0.2, 0) is 0 Å². The van der Waals surface area contributed by atoms with Crippen molar-refractivity contribution in [3.05, 3.63) is 64.8 Å². The second-order valence-electron chi connectivity index (χ2n) is 4.97. The van der Waals surface area contributed by atoms with Crippen molar-refractivity contribution >= 4 is 11.5 Å². The first kappa shape index (κ1) is 14.1. The zero-order valence-corrected chi connectivity index (χ0v) is 12.3. The monoisotopic (exact) mass is 269 g/mol. The molecular weight excluding hydrogens is 250 g/mol. The van der Waals surface area contributed by atoms with Crippen LogP contribution in [0, 0.1) is 20.8 Å². The molecule has 0 amide bonds. The van der Waals surface area contributed by atoms with E-state index in [-0.39, 0.29) is 5.78 Å². The van der Waals surface area contributed by atoms with E-state index in [4.69, 9.17) is 4.42 Å². The maximum atomic E-state index is 12.0. The van der Waals surface area contributed by atoms with Gasteiger partial charge in [-0.15, -0.1) is 0 Å². The number of hydrogen-bond donors (Lipinski definition) is 1. The number of ketones is 1. The highest BCUT2D eigenvalue weighted by molar-refractivity contribution is 6.03.